The van der Waals surface area contributed by atoms with E-state index < -0.39 is 0 Å². The van der Waals surface area contributed by atoms with Gasteiger partial charge >= 0.3 is 0 Å². The van der Waals surface area contributed by atoms with Crippen molar-refractivity contribution in [2.24, 2.45) is 0 Å². The van der Waals surface area contributed by atoms with Crippen molar-refractivity contribution in [3.63, 3.8) is 0 Å². The van der Waals surface area contributed by atoms with Crippen LogP contribution in [0.15, 0.2) is 82.7 Å². The maximum atomic E-state index is 13.2. The summed E-state index contributed by atoms with van der Waals surface area (Å²) in [6.45, 7) is 0.416. The van der Waals surface area contributed by atoms with Crippen LogP contribution in [0.2, 0.25) is 10.0 Å². The second-order valence-corrected chi connectivity index (χ2v) is 8.01. The number of halogens is 2. The van der Waals surface area contributed by atoms with Gasteiger partial charge in [0.05, 0.1) is 33.2 Å². The van der Waals surface area contributed by atoms with E-state index in [1.807, 2.05) is 54.6 Å². The third kappa shape index (κ3) is 4.27. The van der Waals surface area contributed by atoms with Crippen molar-refractivity contribution in [3.05, 3.63) is 93.2 Å². The molecule has 3 aromatic carbocycles. The molecule has 1 heterocycles. The summed E-state index contributed by atoms with van der Waals surface area (Å²) in [5.41, 5.74) is 1.10. The molecule has 7 heteroatoms. The molecule has 4 aromatic rings. The van der Waals surface area contributed by atoms with Gasteiger partial charge in [0, 0.05) is 5.75 Å². The first-order valence-electron chi connectivity index (χ1n) is 8.92. The number of fused-ring (bicyclic) bond motifs is 1. The topological polar surface area (TPSA) is 44.1 Å². The molecule has 0 spiro atoms. The van der Waals surface area contributed by atoms with E-state index in [-0.39, 0.29) is 5.56 Å². The van der Waals surface area contributed by atoms with E-state index in [2.05, 4.69) is 0 Å². The predicted molar refractivity (Wildman–Crippen MR) is 120 cm³/mol. The molecular weight excluding hydrogens is 427 g/mol. The van der Waals surface area contributed by atoms with Crippen LogP contribution >= 0.6 is 35.0 Å². The quantitative estimate of drug-likeness (QED) is 0.213. The molecule has 0 saturated heterocycles. The Morgan fingerprint density at radius 2 is 1.59 bits per heavy atom. The van der Waals surface area contributed by atoms with Crippen molar-refractivity contribution in [1.29, 1.82) is 0 Å². The molecule has 0 N–H and O–H groups in total. The summed E-state index contributed by atoms with van der Waals surface area (Å²) >= 11 is 13.9. The Morgan fingerprint density at radius 3 is 2.38 bits per heavy atom. The van der Waals surface area contributed by atoms with Crippen molar-refractivity contribution in [2.75, 3.05) is 12.4 Å². The van der Waals surface area contributed by atoms with Crippen LogP contribution in [0.4, 0.5) is 0 Å². The van der Waals surface area contributed by atoms with Crippen molar-refractivity contribution < 1.29 is 4.74 Å². The smallest absolute Gasteiger partial charge is 0.266 e. The first kappa shape index (κ1) is 19.8. The Kier molecular flexibility index (Phi) is 6.09. The first-order chi connectivity index (χ1) is 14.1. The number of rotatable bonds is 6. The fourth-order valence-corrected chi connectivity index (χ4v) is 4.13. The van der Waals surface area contributed by atoms with E-state index in [0.717, 1.165) is 0 Å². The minimum absolute atomic E-state index is 0.154. The third-order valence-electron chi connectivity index (χ3n) is 4.25. The second-order valence-electron chi connectivity index (χ2n) is 6.13. The maximum Gasteiger partial charge on any atom is 0.266 e. The Hall–Kier alpha value is -2.47. The Bertz CT molecular complexity index is 1230. The standard InChI is InChI=1S/C22H16Cl2N2O2S/c23-16-8-2-5-11-19(16)26-21(27)15-7-1-4-10-18(15)25-22(26)29-14-13-28-20-12-6-3-9-17(20)24/h1-12H,13-14H2. The van der Waals surface area contributed by atoms with Gasteiger partial charge in [-0.2, -0.15) is 0 Å². The van der Waals surface area contributed by atoms with Gasteiger partial charge in [0.1, 0.15) is 5.75 Å². The molecule has 0 saturated carbocycles. The van der Waals surface area contributed by atoms with Crippen LogP contribution in [0.5, 0.6) is 5.75 Å². The molecule has 0 unspecified atom stereocenters. The summed E-state index contributed by atoms with van der Waals surface area (Å²) in [4.78, 5) is 17.9. The highest BCUT2D eigenvalue weighted by Crippen LogP contribution is 2.27. The Labute approximate surface area is 182 Å². The maximum absolute atomic E-state index is 13.2. The van der Waals surface area contributed by atoms with E-state index >= 15 is 0 Å². The molecule has 29 heavy (non-hydrogen) atoms. The van der Waals surface area contributed by atoms with E-state index in [4.69, 9.17) is 32.9 Å². The molecule has 0 aliphatic carbocycles. The molecule has 146 valence electrons. The van der Waals surface area contributed by atoms with Crippen LogP contribution in [-0.2, 0) is 0 Å². The average molecular weight is 443 g/mol. The lowest BCUT2D eigenvalue weighted by atomic mass is 10.2. The highest BCUT2D eigenvalue weighted by molar-refractivity contribution is 7.99. The van der Waals surface area contributed by atoms with E-state index in [9.17, 15) is 4.79 Å². The number of aromatic nitrogens is 2. The summed E-state index contributed by atoms with van der Waals surface area (Å²) in [7, 11) is 0. The van der Waals surface area contributed by atoms with Gasteiger partial charge in [-0.25, -0.2) is 4.98 Å². The van der Waals surface area contributed by atoms with Gasteiger partial charge in [-0.1, -0.05) is 71.4 Å². The van der Waals surface area contributed by atoms with Crippen LogP contribution in [0, 0.1) is 0 Å². The zero-order valence-electron chi connectivity index (χ0n) is 15.2. The Morgan fingerprint density at radius 1 is 0.897 bits per heavy atom. The highest BCUT2D eigenvalue weighted by atomic mass is 35.5. The summed E-state index contributed by atoms with van der Waals surface area (Å²) in [5.74, 6) is 1.21. The molecule has 0 radical (unpaired) electrons. The monoisotopic (exact) mass is 442 g/mol. The normalized spacial score (nSPS) is 11.0. The molecule has 4 rings (SSSR count). The largest absolute Gasteiger partial charge is 0.491 e. The van der Waals surface area contributed by atoms with E-state index in [1.165, 1.54) is 11.8 Å². The molecule has 4 nitrogen and oxygen atoms in total. The van der Waals surface area contributed by atoms with Crippen LogP contribution in [0.3, 0.4) is 0 Å². The van der Waals surface area contributed by atoms with Crippen molar-refractivity contribution in [3.8, 4) is 11.4 Å². The molecule has 0 fully saturated rings. The fraction of sp³-hybridized carbons (Fsp3) is 0.0909. The summed E-state index contributed by atoms with van der Waals surface area (Å²) in [6.07, 6.45) is 0. The molecule has 1 aromatic heterocycles. The van der Waals surface area contributed by atoms with E-state index in [1.54, 1.807) is 22.8 Å². The first-order valence-corrected chi connectivity index (χ1v) is 10.7. The lowest BCUT2D eigenvalue weighted by Crippen LogP contribution is -2.22. The summed E-state index contributed by atoms with van der Waals surface area (Å²) < 4.78 is 7.31. The van der Waals surface area contributed by atoms with Gasteiger partial charge in [0.15, 0.2) is 5.16 Å². The Balaban J connectivity index is 1.66. The van der Waals surface area contributed by atoms with Gasteiger partial charge in [0.2, 0.25) is 0 Å². The predicted octanol–water partition coefficient (Wildman–Crippen LogP) is 5.86. The molecule has 0 atom stereocenters. The van der Waals surface area contributed by atoms with Crippen molar-refractivity contribution in [2.45, 2.75) is 5.16 Å². The molecule has 0 aliphatic rings. The molecule has 0 bridgehead atoms. The third-order valence-corrected chi connectivity index (χ3v) is 5.78. The van der Waals surface area contributed by atoms with Gasteiger partial charge in [-0.15, -0.1) is 0 Å². The van der Waals surface area contributed by atoms with Crippen LogP contribution < -0.4 is 10.3 Å². The number of ether oxygens (including phenoxy) is 1. The lowest BCUT2D eigenvalue weighted by Gasteiger charge is -2.14. The zero-order chi connectivity index (χ0) is 20.2. The number of hydrogen-bond acceptors (Lipinski definition) is 4. The van der Waals surface area contributed by atoms with Gasteiger partial charge in [0.25, 0.3) is 5.56 Å². The lowest BCUT2D eigenvalue weighted by molar-refractivity contribution is 0.344. The van der Waals surface area contributed by atoms with Crippen molar-refractivity contribution >= 4 is 45.9 Å². The van der Waals surface area contributed by atoms with Gasteiger partial charge in [-0.3, -0.25) is 9.36 Å². The fourth-order valence-electron chi connectivity index (χ4n) is 2.90. The van der Waals surface area contributed by atoms with Gasteiger partial charge in [-0.05, 0) is 36.4 Å². The van der Waals surface area contributed by atoms with Crippen LogP contribution in [-0.4, -0.2) is 21.9 Å². The van der Waals surface area contributed by atoms with E-state index in [0.29, 0.717) is 49.9 Å². The summed E-state index contributed by atoms with van der Waals surface area (Å²) in [5, 5.41) is 2.16. The minimum atomic E-state index is -0.154. The average Bonchev–Trinajstić information content (AvgIpc) is 2.73. The number of benzene rings is 3. The van der Waals surface area contributed by atoms with Crippen LogP contribution in [0.25, 0.3) is 16.6 Å². The minimum Gasteiger partial charge on any atom is -0.491 e. The van der Waals surface area contributed by atoms with Gasteiger partial charge < -0.3 is 4.74 Å². The number of para-hydroxylation sites is 3. The summed E-state index contributed by atoms with van der Waals surface area (Å²) in [6, 6.07) is 21.9. The number of nitrogens with zero attached hydrogens (tertiary/aromatic N) is 2. The number of hydrogen-bond donors (Lipinski definition) is 0. The zero-order valence-corrected chi connectivity index (χ0v) is 17.5. The SMILES string of the molecule is O=c1c2ccccc2nc(SCCOc2ccccc2Cl)n1-c1ccccc1Cl. The molecule has 0 amide bonds. The molecule has 0 aliphatic heterocycles. The van der Waals surface area contributed by atoms with Crippen molar-refractivity contribution in [1.82, 2.24) is 9.55 Å². The highest BCUT2D eigenvalue weighted by Gasteiger charge is 2.15. The number of thioether (sulfide) groups is 1. The molecular formula is C22H16Cl2N2O2S. The van der Waals surface area contributed by atoms with Crippen LogP contribution in [0.1, 0.15) is 0 Å². The second kappa shape index (κ2) is 8.91.